The SMILES string of the molecule is CNC(=O)OC1(CNc2ccc(Br)nc2)CC1C(C)(C)C. The molecule has 0 aliphatic heterocycles. The van der Waals surface area contributed by atoms with Gasteiger partial charge >= 0.3 is 6.09 Å². The van der Waals surface area contributed by atoms with E-state index in [1.54, 1.807) is 13.2 Å². The number of alkyl carbamates (subject to hydrolysis) is 1. The number of hydrogen-bond donors (Lipinski definition) is 2. The Labute approximate surface area is 134 Å². The second-order valence-corrected chi connectivity index (χ2v) is 7.36. The molecule has 0 bridgehead atoms. The van der Waals surface area contributed by atoms with Crippen LogP contribution in [-0.2, 0) is 4.74 Å². The molecule has 116 valence electrons. The second kappa shape index (κ2) is 5.83. The Morgan fingerprint density at radius 1 is 1.52 bits per heavy atom. The van der Waals surface area contributed by atoms with Crippen molar-refractivity contribution >= 4 is 27.7 Å². The fraction of sp³-hybridized carbons (Fsp3) is 0.600. The normalized spacial score (nSPS) is 24.3. The highest BCUT2D eigenvalue weighted by atomic mass is 79.9. The largest absolute Gasteiger partial charge is 0.441 e. The summed E-state index contributed by atoms with van der Waals surface area (Å²) >= 11 is 3.31. The predicted molar refractivity (Wildman–Crippen MR) is 86.3 cm³/mol. The summed E-state index contributed by atoms with van der Waals surface area (Å²) in [4.78, 5) is 15.8. The molecule has 2 rings (SSSR count). The number of ether oxygens (including phenoxy) is 1. The minimum atomic E-state index is -0.439. The van der Waals surface area contributed by atoms with Crippen molar-refractivity contribution in [3.63, 3.8) is 0 Å². The third kappa shape index (κ3) is 3.87. The van der Waals surface area contributed by atoms with Crippen molar-refractivity contribution in [3.8, 4) is 0 Å². The van der Waals surface area contributed by atoms with Crippen molar-refractivity contribution in [3.05, 3.63) is 22.9 Å². The Balaban J connectivity index is 2.04. The minimum Gasteiger partial charge on any atom is -0.441 e. The van der Waals surface area contributed by atoms with E-state index in [2.05, 4.69) is 52.3 Å². The number of carbonyl (C=O) groups is 1. The first-order valence-corrected chi connectivity index (χ1v) is 7.82. The van der Waals surface area contributed by atoms with Gasteiger partial charge in [-0.1, -0.05) is 20.8 Å². The lowest BCUT2D eigenvalue weighted by Crippen LogP contribution is -2.36. The Kier molecular flexibility index (Phi) is 4.46. The Hall–Kier alpha value is -1.30. The summed E-state index contributed by atoms with van der Waals surface area (Å²) in [6.45, 7) is 7.11. The Morgan fingerprint density at radius 2 is 2.24 bits per heavy atom. The van der Waals surface area contributed by atoms with Crippen LogP contribution in [0, 0.1) is 11.3 Å². The van der Waals surface area contributed by atoms with E-state index in [1.807, 2.05) is 12.1 Å². The molecule has 2 N–H and O–H groups in total. The van der Waals surface area contributed by atoms with Crippen molar-refractivity contribution in [2.45, 2.75) is 32.8 Å². The van der Waals surface area contributed by atoms with Gasteiger partial charge in [-0.05, 0) is 39.9 Å². The molecule has 1 aromatic rings. The molecule has 1 amide bonds. The summed E-state index contributed by atoms with van der Waals surface area (Å²) in [6.07, 6.45) is 2.25. The molecule has 1 heterocycles. The van der Waals surface area contributed by atoms with Crippen LogP contribution in [0.1, 0.15) is 27.2 Å². The summed E-state index contributed by atoms with van der Waals surface area (Å²) in [7, 11) is 1.58. The number of pyridine rings is 1. The first-order chi connectivity index (χ1) is 9.77. The van der Waals surface area contributed by atoms with Gasteiger partial charge in [-0.25, -0.2) is 9.78 Å². The lowest BCUT2D eigenvalue weighted by atomic mass is 9.88. The molecule has 1 aromatic heterocycles. The number of nitrogens with zero attached hydrogens (tertiary/aromatic N) is 1. The van der Waals surface area contributed by atoms with E-state index < -0.39 is 5.60 Å². The maximum absolute atomic E-state index is 11.6. The van der Waals surface area contributed by atoms with E-state index in [0.29, 0.717) is 12.5 Å². The lowest BCUT2D eigenvalue weighted by molar-refractivity contribution is 0.0664. The van der Waals surface area contributed by atoms with Crippen molar-refractivity contribution in [1.82, 2.24) is 10.3 Å². The standard InChI is InChI=1S/C15H22BrN3O2/c1-14(2,3)11-7-15(11,21-13(20)17-4)9-19-10-5-6-12(16)18-8-10/h5-6,8,11,19H,7,9H2,1-4H3,(H,17,20). The van der Waals surface area contributed by atoms with E-state index in [1.165, 1.54) is 0 Å². The number of aromatic nitrogens is 1. The Morgan fingerprint density at radius 3 is 2.71 bits per heavy atom. The quantitative estimate of drug-likeness (QED) is 0.812. The number of amides is 1. The van der Waals surface area contributed by atoms with E-state index >= 15 is 0 Å². The molecule has 6 heteroatoms. The highest BCUT2D eigenvalue weighted by Gasteiger charge is 2.62. The smallest absolute Gasteiger partial charge is 0.407 e. The number of nitrogens with one attached hydrogen (secondary N) is 2. The molecule has 5 nitrogen and oxygen atoms in total. The van der Waals surface area contributed by atoms with E-state index in [9.17, 15) is 4.79 Å². The van der Waals surface area contributed by atoms with Crippen LogP contribution in [0.4, 0.5) is 10.5 Å². The molecule has 2 atom stereocenters. The molecule has 0 aromatic carbocycles. The van der Waals surface area contributed by atoms with Crippen LogP contribution < -0.4 is 10.6 Å². The van der Waals surface area contributed by atoms with Gasteiger partial charge in [-0.15, -0.1) is 0 Å². The zero-order valence-electron chi connectivity index (χ0n) is 12.9. The molecule has 1 fully saturated rings. The summed E-state index contributed by atoms with van der Waals surface area (Å²) in [6, 6.07) is 3.82. The number of anilines is 1. The van der Waals surface area contributed by atoms with Gasteiger partial charge in [0, 0.05) is 13.0 Å². The van der Waals surface area contributed by atoms with Crippen LogP contribution in [0.2, 0.25) is 0 Å². The fourth-order valence-electron chi connectivity index (χ4n) is 2.69. The summed E-state index contributed by atoms with van der Waals surface area (Å²) in [5.41, 5.74) is 0.580. The van der Waals surface area contributed by atoms with Crippen molar-refractivity contribution in [2.75, 3.05) is 18.9 Å². The van der Waals surface area contributed by atoms with Crippen LogP contribution in [0.5, 0.6) is 0 Å². The van der Waals surface area contributed by atoms with E-state index in [-0.39, 0.29) is 11.5 Å². The average molecular weight is 356 g/mol. The van der Waals surface area contributed by atoms with Gasteiger partial charge in [0.15, 0.2) is 0 Å². The monoisotopic (exact) mass is 355 g/mol. The highest BCUT2D eigenvalue weighted by Crippen LogP contribution is 2.56. The Bertz CT molecular complexity index is 513. The molecule has 0 radical (unpaired) electrons. The number of halogens is 1. The lowest BCUT2D eigenvalue weighted by Gasteiger charge is -2.25. The van der Waals surface area contributed by atoms with Gasteiger partial charge in [0.25, 0.3) is 0 Å². The van der Waals surface area contributed by atoms with Crippen LogP contribution in [0.15, 0.2) is 22.9 Å². The molecule has 1 saturated carbocycles. The van der Waals surface area contributed by atoms with Crippen LogP contribution in [0.3, 0.4) is 0 Å². The third-order valence-electron chi connectivity index (χ3n) is 3.89. The minimum absolute atomic E-state index is 0.105. The number of hydrogen-bond acceptors (Lipinski definition) is 4. The van der Waals surface area contributed by atoms with Crippen molar-refractivity contribution < 1.29 is 9.53 Å². The van der Waals surface area contributed by atoms with Crippen LogP contribution in [-0.4, -0.2) is 30.3 Å². The molecule has 1 aliphatic rings. The fourth-order valence-corrected chi connectivity index (χ4v) is 2.93. The molecule has 2 unspecified atom stereocenters. The van der Waals surface area contributed by atoms with Gasteiger partial charge in [0.05, 0.1) is 18.4 Å². The van der Waals surface area contributed by atoms with Crippen LogP contribution >= 0.6 is 15.9 Å². The number of carbonyl (C=O) groups excluding carboxylic acids is 1. The van der Waals surface area contributed by atoms with Crippen molar-refractivity contribution in [1.29, 1.82) is 0 Å². The summed E-state index contributed by atoms with van der Waals surface area (Å²) < 4.78 is 6.44. The highest BCUT2D eigenvalue weighted by molar-refractivity contribution is 9.10. The van der Waals surface area contributed by atoms with Gasteiger partial charge in [-0.3, -0.25) is 0 Å². The molecule has 1 aliphatic carbocycles. The molecule has 0 saturated heterocycles. The first-order valence-electron chi connectivity index (χ1n) is 7.03. The maximum Gasteiger partial charge on any atom is 0.407 e. The molecule has 0 spiro atoms. The van der Waals surface area contributed by atoms with E-state index in [4.69, 9.17) is 4.74 Å². The zero-order valence-corrected chi connectivity index (χ0v) is 14.5. The van der Waals surface area contributed by atoms with Gasteiger partial charge in [0.2, 0.25) is 0 Å². The topological polar surface area (TPSA) is 63.2 Å². The first kappa shape index (κ1) is 16.1. The summed E-state index contributed by atoms with van der Waals surface area (Å²) in [5.74, 6) is 0.346. The zero-order chi connectivity index (χ0) is 15.7. The van der Waals surface area contributed by atoms with Gasteiger partial charge in [-0.2, -0.15) is 0 Å². The molecular weight excluding hydrogens is 334 g/mol. The average Bonchev–Trinajstić information content (AvgIpc) is 3.13. The maximum atomic E-state index is 11.6. The van der Waals surface area contributed by atoms with Gasteiger partial charge in [0.1, 0.15) is 10.2 Å². The third-order valence-corrected chi connectivity index (χ3v) is 4.36. The number of rotatable bonds is 4. The van der Waals surface area contributed by atoms with Crippen LogP contribution in [0.25, 0.3) is 0 Å². The van der Waals surface area contributed by atoms with Gasteiger partial charge < -0.3 is 15.4 Å². The predicted octanol–water partition coefficient (Wildman–Crippen LogP) is 3.42. The van der Waals surface area contributed by atoms with Crippen molar-refractivity contribution in [2.24, 2.45) is 11.3 Å². The summed E-state index contributed by atoms with van der Waals surface area (Å²) in [5, 5.41) is 5.85. The second-order valence-electron chi connectivity index (χ2n) is 6.55. The molecule has 21 heavy (non-hydrogen) atoms. The van der Waals surface area contributed by atoms with E-state index in [0.717, 1.165) is 16.7 Å². The molecular formula is C15H22BrN3O2.